The van der Waals surface area contributed by atoms with E-state index in [1.54, 1.807) is 0 Å². The van der Waals surface area contributed by atoms with Crippen LogP contribution < -0.4 is 11.1 Å². The molecular formula is C13H14F2N2O4. The Morgan fingerprint density at radius 3 is 2.43 bits per heavy atom. The molecule has 0 fully saturated rings. The van der Waals surface area contributed by atoms with E-state index in [0.717, 1.165) is 12.1 Å². The molecule has 0 bridgehead atoms. The second kappa shape index (κ2) is 7.32. The number of hydrogen-bond donors (Lipinski definition) is 3. The average molecular weight is 300 g/mol. The van der Waals surface area contributed by atoms with Gasteiger partial charge in [0.1, 0.15) is 6.04 Å². The highest BCUT2D eigenvalue weighted by molar-refractivity contribution is 5.87. The zero-order valence-corrected chi connectivity index (χ0v) is 10.9. The highest BCUT2D eigenvalue weighted by atomic mass is 19.2. The Morgan fingerprint density at radius 2 is 1.90 bits per heavy atom. The number of benzene rings is 1. The zero-order chi connectivity index (χ0) is 16.0. The van der Waals surface area contributed by atoms with Crippen molar-refractivity contribution in [3.05, 3.63) is 35.4 Å². The van der Waals surface area contributed by atoms with Gasteiger partial charge in [0.2, 0.25) is 11.8 Å². The van der Waals surface area contributed by atoms with Crippen LogP contribution in [0.15, 0.2) is 18.2 Å². The number of nitrogens with one attached hydrogen (secondary N) is 1. The van der Waals surface area contributed by atoms with Gasteiger partial charge in [-0.1, -0.05) is 6.07 Å². The van der Waals surface area contributed by atoms with Crippen molar-refractivity contribution in [1.82, 2.24) is 5.32 Å². The third-order valence-electron chi connectivity index (χ3n) is 2.67. The number of amides is 2. The number of carbonyl (C=O) groups excluding carboxylic acids is 2. The zero-order valence-electron chi connectivity index (χ0n) is 10.9. The molecule has 21 heavy (non-hydrogen) atoms. The molecule has 0 unspecified atom stereocenters. The first-order valence-electron chi connectivity index (χ1n) is 6.04. The van der Waals surface area contributed by atoms with Gasteiger partial charge in [-0.05, 0) is 24.1 Å². The number of primary amides is 1. The van der Waals surface area contributed by atoms with E-state index in [9.17, 15) is 23.2 Å². The Balaban J connectivity index is 2.62. The lowest BCUT2D eigenvalue weighted by molar-refractivity contribution is -0.137. The maximum Gasteiger partial charge on any atom is 0.303 e. The van der Waals surface area contributed by atoms with Crippen LogP contribution in [-0.4, -0.2) is 28.9 Å². The predicted molar refractivity (Wildman–Crippen MR) is 68.1 cm³/mol. The first kappa shape index (κ1) is 16.5. The maximum absolute atomic E-state index is 13.0. The molecule has 1 aromatic carbocycles. The van der Waals surface area contributed by atoms with Gasteiger partial charge in [-0.25, -0.2) is 8.78 Å². The van der Waals surface area contributed by atoms with Crippen LogP contribution >= 0.6 is 0 Å². The minimum absolute atomic E-state index is 0.145. The largest absolute Gasteiger partial charge is 0.481 e. The smallest absolute Gasteiger partial charge is 0.303 e. The van der Waals surface area contributed by atoms with Gasteiger partial charge in [0.15, 0.2) is 11.6 Å². The van der Waals surface area contributed by atoms with E-state index in [2.05, 4.69) is 5.32 Å². The summed E-state index contributed by atoms with van der Waals surface area (Å²) in [5, 5.41) is 10.8. The van der Waals surface area contributed by atoms with Crippen LogP contribution in [0.1, 0.15) is 18.4 Å². The summed E-state index contributed by atoms with van der Waals surface area (Å²) in [5.41, 5.74) is 5.27. The van der Waals surface area contributed by atoms with Gasteiger partial charge < -0.3 is 16.2 Å². The highest BCUT2D eigenvalue weighted by Gasteiger charge is 2.19. The number of aliphatic carboxylic acids is 1. The van der Waals surface area contributed by atoms with E-state index in [1.165, 1.54) is 6.07 Å². The summed E-state index contributed by atoms with van der Waals surface area (Å²) in [4.78, 5) is 33.2. The second-order valence-electron chi connectivity index (χ2n) is 4.38. The van der Waals surface area contributed by atoms with Crippen LogP contribution in [0.4, 0.5) is 8.78 Å². The van der Waals surface area contributed by atoms with Gasteiger partial charge in [-0.3, -0.25) is 14.4 Å². The van der Waals surface area contributed by atoms with Crippen molar-refractivity contribution >= 4 is 17.8 Å². The molecule has 1 aromatic rings. The van der Waals surface area contributed by atoms with Gasteiger partial charge >= 0.3 is 5.97 Å². The van der Waals surface area contributed by atoms with Crippen LogP contribution in [0.25, 0.3) is 0 Å². The van der Waals surface area contributed by atoms with Gasteiger partial charge in [0, 0.05) is 6.42 Å². The summed E-state index contributed by atoms with van der Waals surface area (Å²) < 4.78 is 25.7. The minimum Gasteiger partial charge on any atom is -0.481 e. The molecule has 0 saturated carbocycles. The minimum atomic E-state index is -1.13. The summed E-state index contributed by atoms with van der Waals surface area (Å²) in [6, 6.07) is 1.85. The SMILES string of the molecule is NC(=O)[C@@H](CCC(=O)O)NC(=O)Cc1ccc(F)c(F)c1. The normalized spacial score (nSPS) is 11.7. The molecule has 0 saturated heterocycles. The fourth-order valence-corrected chi connectivity index (χ4v) is 1.63. The van der Waals surface area contributed by atoms with E-state index >= 15 is 0 Å². The van der Waals surface area contributed by atoms with Gasteiger partial charge in [-0.15, -0.1) is 0 Å². The molecule has 8 heteroatoms. The number of nitrogens with two attached hydrogens (primary N) is 1. The number of carboxylic acid groups (broad SMARTS) is 1. The Hall–Kier alpha value is -2.51. The van der Waals surface area contributed by atoms with Gasteiger partial charge in [0.25, 0.3) is 0 Å². The van der Waals surface area contributed by atoms with Gasteiger partial charge in [-0.2, -0.15) is 0 Å². The number of rotatable bonds is 7. The van der Waals surface area contributed by atoms with Crippen molar-refractivity contribution in [1.29, 1.82) is 0 Å². The van der Waals surface area contributed by atoms with Crippen molar-refractivity contribution in [2.45, 2.75) is 25.3 Å². The third-order valence-corrected chi connectivity index (χ3v) is 2.67. The summed E-state index contributed by atoms with van der Waals surface area (Å²) in [5.74, 6) is -4.76. The topological polar surface area (TPSA) is 109 Å². The fraction of sp³-hybridized carbons (Fsp3) is 0.308. The average Bonchev–Trinajstić information content (AvgIpc) is 2.38. The summed E-state index contributed by atoms with van der Waals surface area (Å²) in [6.07, 6.45) is -0.763. The Kier molecular flexibility index (Phi) is 5.77. The highest BCUT2D eigenvalue weighted by Crippen LogP contribution is 2.09. The second-order valence-corrected chi connectivity index (χ2v) is 4.38. The Morgan fingerprint density at radius 1 is 1.24 bits per heavy atom. The monoisotopic (exact) mass is 300 g/mol. The van der Waals surface area contributed by atoms with Crippen molar-refractivity contribution in [3.8, 4) is 0 Å². The van der Waals surface area contributed by atoms with Crippen molar-refractivity contribution in [3.63, 3.8) is 0 Å². The molecule has 0 spiro atoms. The molecule has 4 N–H and O–H groups in total. The molecule has 0 heterocycles. The molecule has 0 aliphatic carbocycles. The fourth-order valence-electron chi connectivity index (χ4n) is 1.63. The number of carboxylic acids is 1. The maximum atomic E-state index is 13.0. The number of hydrogen-bond acceptors (Lipinski definition) is 3. The van der Waals surface area contributed by atoms with Crippen molar-refractivity contribution in [2.24, 2.45) is 5.73 Å². The van der Waals surface area contributed by atoms with E-state index in [-0.39, 0.29) is 24.8 Å². The van der Waals surface area contributed by atoms with Crippen LogP contribution in [0.5, 0.6) is 0 Å². The quantitative estimate of drug-likeness (QED) is 0.674. The van der Waals surface area contributed by atoms with Crippen molar-refractivity contribution in [2.75, 3.05) is 0 Å². The molecule has 0 aliphatic rings. The van der Waals surface area contributed by atoms with Crippen LogP contribution in [0, 0.1) is 11.6 Å². The Bertz CT molecular complexity index is 563. The lowest BCUT2D eigenvalue weighted by atomic mass is 10.1. The molecule has 6 nitrogen and oxygen atoms in total. The Labute approximate surface area is 118 Å². The molecule has 0 aromatic heterocycles. The van der Waals surface area contributed by atoms with E-state index in [1.807, 2.05) is 0 Å². The molecule has 0 aliphatic heterocycles. The first-order chi connectivity index (χ1) is 9.79. The van der Waals surface area contributed by atoms with Crippen LogP contribution in [0.2, 0.25) is 0 Å². The van der Waals surface area contributed by atoms with E-state index in [0.29, 0.717) is 0 Å². The van der Waals surface area contributed by atoms with Gasteiger partial charge in [0.05, 0.1) is 6.42 Å². The van der Waals surface area contributed by atoms with Crippen molar-refractivity contribution < 1.29 is 28.3 Å². The summed E-state index contributed by atoms with van der Waals surface area (Å²) in [7, 11) is 0. The molecule has 114 valence electrons. The summed E-state index contributed by atoms with van der Waals surface area (Å²) in [6.45, 7) is 0. The summed E-state index contributed by atoms with van der Waals surface area (Å²) >= 11 is 0. The number of halogens is 2. The third kappa shape index (κ3) is 5.55. The van der Waals surface area contributed by atoms with Crippen LogP contribution in [0.3, 0.4) is 0 Å². The molecule has 2 amide bonds. The first-order valence-corrected chi connectivity index (χ1v) is 6.04. The molecular weight excluding hydrogens is 286 g/mol. The van der Waals surface area contributed by atoms with E-state index in [4.69, 9.17) is 10.8 Å². The van der Waals surface area contributed by atoms with Crippen LogP contribution in [-0.2, 0) is 20.8 Å². The molecule has 1 atom stereocenters. The van der Waals surface area contributed by atoms with E-state index < -0.39 is 35.5 Å². The lowest BCUT2D eigenvalue weighted by Crippen LogP contribution is -2.45. The lowest BCUT2D eigenvalue weighted by Gasteiger charge is -2.14. The molecule has 0 radical (unpaired) electrons. The number of carbonyl (C=O) groups is 3. The standard InChI is InChI=1S/C13H14F2N2O4/c14-8-2-1-7(5-9(8)15)6-11(18)17-10(13(16)21)3-4-12(19)20/h1-2,5,10H,3-4,6H2,(H2,16,21)(H,17,18)(H,19,20)/t10-/m1/s1. The molecule has 1 rings (SSSR count). The predicted octanol–water partition coefficient (Wildman–Crippen LogP) is 0.342.